The molecule has 2 aromatic rings. The zero-order chi connectivity index (χ0) is 20.2. The Morgan fingerprint density at radius 2 is 2.03 bits per heavy atom. The summed E-state index contributed by atoms with van der Waals surface area (Å²) in [5, 5.41) is 5.95. The molecule has 4 rings (SSSR count). The number of ether oxygens (including phenoxy) is 1. The molecule has 0 bridgehead atoms. The van der Waals surface area contributed by atoms with Crippen molar-refractivity contribution in [2.45, 2.75) is 51.3 Å². The van der Waals surface area contributed by atoms with E-state index < -0.39 is 0 Å². The molecule has 8 heteroatoms. The standard InChI is InChI=1S/C21H29N5O3/c1-2-26-18-8-4-3-7-17(18)24-19(20(26)27)25-11-9-15(10-12-25)23-21(28)22-14-16-6-5-13-29-16/h3-4,7-8,15-16H,2,5-6,9-14H2,1H3,(H2,22,23,28)/t16-/m1/s1. The molecule has 1 aromatic carbocycles. The van der Waals surface area contributed by atoms with Crippen molar-refractivity contribution >= 4 is 22.9 Å². The maximum Gasteiger partial charge on any atom is 0.315 e. The number of urea groups is 1. The van der Waals surface area contributed by atoms with Gasteiger partial charge < -0.3 is 24.8 Å². The number of rotatable bonds is 5. The van der Waals surface area contributed by atoms with Gasteiger partial charge in [-0.25, -0.2) is 9.78 Å². The Balaban J connectivity index is 1.36. The van der Waals surface area contributed by atoms with Crippen molar-refractivity contribution in [2.75, 3.05) is 31.1 Å². The van der Waals surface area contributed by atoms with Crippen molar-refractivity contribution in [3.8, 4) is 0 Å². The molecule has 2 aliphatic heterocycles. The molecule has 2 amide bonds. The molecule has 3 heterocycles. The number of carbonyl (C=O) groups excluding carboxylic acids is 1. The molecule has 0 unspecified atom stereocenters. The molecule has 8 nitrogen and oxygen atoms in total. The van der Waals surface area contributed by atoms with Gasteiger partial charge in [0, 0.05) is 38.8 Å². The number of aromatic nitrogens is 2. The molecule has 29 heavy (non-hydrogen) atoms. The zero-order valence-corrected chi connectivity index (χ0v) is 16.9. The number of carbonyl (C=O) groups is 1. The van der Waals surface area contributed by atoms with Gasteiger partial charge in [-0.3, -0.25) is 4.79 Å². The van der Waals surface area contributed by atoms with Gasteiger partial charge in [0.15, 0.2) is 5.82 Å². The van der Waals surface area contributed by atoms with Crippen LogP contribution >= 0.6 is 0 Å². The van der Waals surface area contributed by atoms with Crippen LogP contribution in [0.5, 0.6) is 0 Å². The van der Waals surface area contributed by atoms with Crippen LogP contribution in [0.25, 0.3) is 11.0 Å². The maximum absolute atomic E-state index is 13.0. The molecular weight excluding hydrogens is 370 g/mol. The highest BCUT2D eigenvalue weighted by Crippen LogP contribution is 2.19. The van der Waals surface area contributed by atoms with E-state index in [9.17, 15) is 9.59 Å². The van der Waals surface area contributed by atoms with E-state index in [1.54, 1.807) is 4.57 Å². The summed E-state index contributed by atoms with van der Waals surface area (Å²) >= 11 is 0. The second-order valence-electron chi connectivity index (χ2n) is 7.72. The van der Waals surface area contributed by atoms with Crippen LogP contribution in [0.2, 0.25) is 0 Å². The summed E-state index contributed by atoms with van der Waals surface area (Å²) < 4.78 is 7.31. The van der Waals surface area contributed by atoms with Gasteiger partial charge in [-0.2, -0.15) is 0 Å². The minimum absolute atomic E-state index is 0.0492. The topological polar surface area (TPSA) is 88.5 Å². The molecule has 2 aliphatic rings. The van der Waals surface area contributed by atoms with Crippen LogP contribution in [0.15, 0.2) is 29.1 Å². The number of piperidine rings is 1. The number of anilines is 1. The number of hydrogen-bond acceptors (Lipinski definition) is 5. The summed E-state index contributed by atoms with van der Waals surface area (Å²) in [6.07, 6.45) is 3.78. The predicted octanol–water partition coefficient (Wildman–Crippen LogP) is 1.86. The normalized spacial score (nSPS) is 20.2. The van der Waals surface area contributed by atoms with E-state index in [-0.39, 0.29) is 23.7 Å². The van der Waals surface area contributed by atoms with E-state index in [0.29, 0.717) is 32.0 Å². The molecule has 0 saturated carbocycles. The molecule has 0 radical (unpaired) electrons. The van der Waals surface area contributed by atoms with Gasteiger partial charge in [-0.1, -0.05) is 12.1 Å². The lowest BCUT2D eigenvalue weighted by Crippen LogP contribution is -2.50. The van der Waals surface area contributed by atoms with Crippen LogP contribution in [0.1, 0.15) is 32.6 Å². The third-order valence-corrected chi connectivity index (χ3v) is 5.80. The number of amides is 2. The second-order valence-corrected chi connectivity index (χ2v) is 7.72. The third-order valence-electron chi connectivity index (χ3n) is 5.80. The van der Waals surface area contributed by atoms with Crippen LogP contribution in [-0.4, -0.2) is 54.0 Å². The van der Waals surface area contributed by atoms with Crippen LogP contribution in [0.3, 0.4) is 0 Å². The van der Waals surface area contributed by atoms with E-state index in [1.807, 2.05) is 36.1 Å². The molecule has 2 fully saturated rings. The third kappa shape index (κ3) is 4.37. The van der Waals surface area contributed by atoms with Gasteiger partial charge in [0.1, 0.15) is 0 Å². The first-order valence-electron chi connectivity index (χ1n) is 10.6. The van der Waals surface area contributed by atoms with Crippen molar-refractivity contribution in [3.05, 3.63) is 34.6 Å². The van der Waals surface area contributed by atoms with Gasteiger partial charge in [0.05, 0.1) is 17.1 Å². The lowest BCUT2D eigenvalue weighted by Gasteiger charge is -2.33. The fourth-order valence-corrected chi connectivity index (χ4v) is 4.18. The Hall–Kier alpha value is -2.61. The SMILES string of the molecule is CCn1c(=O)c(N2CCC(NC(=O)NC[C@H]3CCCO3)CC2)nc2ccccc21. The van der Waals surface area contributed by atoms with Crippen molar-refractivity contribution in [3.63, 3.8) is 0 Å². The number of nitrogens with one attached hydrogen (secondary N) is 2. The van der Waals surface area contributed by atoms with Crippen molar-refractivity contribution in [2.24, 2.45) is 0 Å². The van der Waals surface area contributed by atoms with Crippen LogP contribution < -0.4 is 21.1 Å². The Morgan fingerprint density at radius 1 is 1.24 bits per heavy atom. The van der Waals surface area contributed by atoms with E-state index in [2.05, 4.69) is 15.6 Å². The largest absolute Gasteiger partial charge is 0.376 e. The highest BCUT2D eigenvalue weighted by atomic mass is 16.5. The fourth-order valence-electron chi connectivity index (χ4n) is 4.18. The summed E-state index contributed by atoms with van der Waals surface area (Å²) in [5.74, 6) is 0.506. The minimum atomic E-state index is -0.142. The Labute approximate surface area is 170 Å². The number of aryl methyl sites for hydroxylation is 1. The molecule has 0 aliphatic carbocycles. The highest BCUT2D eigenvalue weighted by Gasteiger charge is 2.25. The molecule has 0 spiro atoms. The van der Waals surface area contributed by atoms with Gasteiger partial charge in [-0.05, 0) is 44.7 Å². The number of nitrogens with zero attached hydrogens (tertiary/aromatic N) is 3. The first kappa shape index (κ1) is 19.7. The first-order chi connectivity index (χ1) is 14.2. The number of hydrogen-bond donors (Lipinski definition) is 2. The van der Waals surface area contributed by atoms with E-state index in [1.165, 1.54) is 0 Å². The Morgan fingerprint density at radius 3 is 2.76 bits per heavy atom. The monoisotopic (exact) mass is 399 g/mol. The van der Waals surface area contributed by atoms with E-state index >= 15 is 0 Å². The predicted molar refractivity (Wildman–Crippen MR) is 112 cm³/mol. The molecule has 1 aromatic heterocycles. The smallest absolute Gasteiger partial charge is 0.315 e. The zero-order valence-electron chi connectivity index (χ0n) is 16.9. The average molecular weight is 399 g/mol. The number of para-hydroxylation sites is 2. The fraction of sp³-hybridized carbons (Fsp3) is 0.571. The van der Waals surface area contributed by atoms with Crippen molar-refractivity contribution in [1.29, 1.82) is 0 Å². The summed E-state index contributed by atoms with van der Waals surface area (Å²) in [6.45, 7) is 5.32. The number of benzene rings is 1. The number of fused-ring (bicyclic) bond motifs is 1. The minimum Gasteiger partial charge on any atom is -0.376 e. The van der Waals surface area contributed by atoms with Crippen LogP contribution in [0.4, 0.5) is 10.6 Å². The molecule has 156 valence electrons. The van der Waals surface area contributed by atoms with Crippen LogP contribution in [-0.2, 0) is 11.3 Å². The van der Waals surface area contributed by atoms with Gasteiger partial charge in [0.2, 0.25) is 0 Å². The van der Waals surface area contributed by atoms with Gasteiger partial charge in [0.25, 0.3) is 5.56 Å². The van der Waals surface area contributed by atoms with Crippen molar-refractivity contribution < 1.29 is 9.53 Å². The van der Waals surface area contributed by atoms with Gasteiger partial charge in [-0.15, -0.1) is 0 Å². The lowest BCUT2D eigenvalue weighted by atomic mass is 10.1. The lowest BCUT2D eigenvalue weighted by molar-refractivity contribution is 0.111. The summed E-state index contributed by atoms with van der Waals surface area (Å²) in [4.78, 5) is 31.8. The van der Waals surface area contributed by atoms with Gasteiger partial charge >= 0.3 is 6.03 Å². The van der Waals surface area contributed by atoms with Crippen LogP contribution in [0, 0.1) is 0 Å². The Kier molecular flexibility index (Phi) is 5.99. The average Bonchev–Trinajstić information content (AvgIpc) is 3.26. The van der Waals surface area contributed by atoms with E-state index in [4.69, 9.17) is 4.74 Å². The highest BCUT2D eigenvalue weighted by molar-refractivity contribution is 5.76. The summed E-state index contributed by atoms with van der Waals surface area (Å²) in [7, 11) is 0. The first-order valence-corrected chi connectivity index (χ1v) is 10.6. The maximum atomic E-state index is 13.0. The second kappa shape index (κ2) is 8.82. The molecule has 2 saturated heterocycles. The van der Waals surface area contributed by atoms with Crippen molar-refractivity contribution in [1.82, 2.24) is 20.2 Å². The quantitative estimate of drug-likeness (QED) is 0.801. The molecule has 1 atom stereocenters. The molecular formula is C21H29N5O3. The Bertz CT molecular complexity index is 914. The van der Waals surface area contributed by atoms with E-state index in [0.717, 1.165) is 43.3 Å². The molecule has 2 N–H and O–H groups in total. The summed E-state index contributed by atoms with van der Waals surface area (Å²) in [5.41, 5.74) is 1.65. The summed E-state index contributed by atoms with van der Waals surface area (Å²) in [6, 6.07) is 7.70.